The number of hydrogen-bond acceptors (Lipinski definition) is 5. The van der Waals surface area contributed by atoms with E-state index in [2.05, 4.69) is 36.0 Å². The van der Waals surface area contributed by atoms with Crippen molar-refractivity contribution in [2.24, 2.45) is 17.8 Å². The summed E-state index contributed by atoms with van der Waals surface area (Å²) in [6.45, 7) is 8.96. The van der Waals surface area contributed by atoms with Gasteiger partial charge in [0.25, 0.3) is 0 Å². The van der Waals surface area contributed by atoms with Crippen molar-refractivity contribution >= 4 is 11.7 Å². The maximum absolute atomic E-state index is 12.3. The molecule has 4 bridgehead atoms. The SMILES string of the molecule is CCC(=O)[C@H]1CC2CCC1C[C@@H]2c1cnc(N2C3CCC2CN(C(C)CC)C3)nc1. The van der Waals surface area contributed by atoms with Crippen LogP contribution in [0.2, 0.25) is 0 Å². The normalized spacial score (nSPS) is 36.8. The van der Waals surface area contributed by atoms with Crippen LogP contribution in [-0.4, -0.2) is 51.9 Å². The van der Waals surface area contributed by atoms with Gasteiger partial charge < -0.3 is 4.90 Å². The van der Waals surface area contributed by atoms with Gasteiger partial charge in [-0.15, -0.1) is 0 Å². The number of piperazine rings is 1. The van der Waals surface area contributed by atoms with E-state index in [0.29, 0.717) is 54.0 Å². The van der Waals surface area contributed by atoms with Gasteiger partial charge in [-0.05, 0) is 75.2 Å². The van der Waals surface area contributed by atoms with Crippen LogP contribution in [0.25, 0.3) is 0 Å². The first-order chi connectivity index (χ1) is 14.6. The van der Waals surface area contributed by atoms with Crippen LogP contribution in [0.15, 0.2) is 12.4 Å². The van der Waals surface area contributed by atoms with Crippen molar-refractivity contribution in [2.45, 2.75) is 96.2 Å². The Morgan fingerprint density at radius 3 is 2.27 bits per heavy atom. The molecule has 6 rings (SSSR count). The molecule has 5 nitrogen and oxygen atoms in total. The lowest BCUT2D eigenvalue weighted by Gasteiger charge is -2.47. The van der Waals surface area contributed by atoms with Crippen LogP contribution in [0.4, 0.5) is 5.95 Å². The minimum atomic E-state index is 0.322. The summed E-state index contributed by atoms with van der Waals surface area (Å²) in [4.78, 5) is 27.3. The molecule has 1 aromatic heterocycles. The highest BCUT2D eigenvalue weighted by molar-refractivity contribution is 5.81. The van der Waals surface area contributed by atoms with Gasteiger partial charge in [0.15, 0.2) is 0 Å². The fraction of sp³-hybridized carbons (Fsp3) is 0.800. The number of hydrogen-bond donors (Lipinski definition) is 0. The maximum atomic E-state index is 12.3. The standard InChI is InChI=1S/C25H38N4O/c1-4-16(3)28-14-20-8-9-21(15-28)29(20)25-26-12-19(13-27-25)22-10-18-7-6-17(22)11-23(18)24(30)5-2/h12-13,16-18,20-23H,4-11,14-15H2,1-3H3/t16?,17?,18?,20?,21?,22-,23-/m0/s1. The van der Waals surface area contributed by atoms with Crippen LogP contribution in [0.5, 0.6) is 0 Å². The smallest absolute Gasteiger partial charge is 0.225 e. The van der Waals surface area contributed by atoms with Crippen molar-refractivity contribution < 1.29 is 4.79 Å². The summed E-state index contributed by atoms with van der Waals surface area (Å²) >= 11 is 0. The van der Waals surface area contributed by atoms with Crippen molar-refractivity contribution in [2.75, 3.05) is 18.0 Å². The second-order valence-corrected chi connectivity index (χ2v) is 10.4. The van der Waals surface area contributed by atoms with Gasteiger partial charge in [0.1, 0.15) is 5.78 Å². The van der Waals surface area contributed by atoms with E-state index >= 15 is 0 Å². The average Bonchev–Trinajstić information content (AvgIpc) is 3.07. The van der Waals surface area contributed by atoms with Gasteiger partial charge in [-0.1, -0.05) is 13.8 Å². The number of rotatable bonds is 6. The molecular weight excluding hydrogens is 372 g/mol. The van der Waals surface area contributed by atoms with Gasteiger partial charge in [-0.3, -0.25) is 9.69 Å². The van der Waals surface area contributed by atoms with Gasteiger partial charge >= 0.3 is 0 Å². The zero-order chi connectivity index (χ0) is 20.8. The molecule has 5 heteroatoms. The van der Waals surface area contributed by atoms with E-state index in [1.165, 1.54) is 37.7 Å². The van der Waals surface area contributed by atoms with Crippen LogP contribution in [0, 0.1) is 17.8 Å². The Morgan fingerprint density at radius 2 is 1.70 bits per heavy atom. The molecule has 0 spiro atoms. The molecule has 0 radical (unpaired) electrons. The highest BCUT2D eigenvalue weighted by atomic mass is 16.1. The van der Waals surface area contributed by atoms with Crippen molar-refractivity contribution in [1.29, 1.82) is 0 Å². The molecule has 1 aromatic rings. The average molecular weight is 411 g/mol. The van der Waals surface area contributed by atoms with Gasteiger partial charge in [0.2, 0.25) is 5.95 Å². The zero-order valence-electron chi connectivity index (χ0n) is 19.0. The summed E-state index contributed by atoms with van der Waals surface area (Å²) in [5, 5.41) is 0. The molecule has 7 atom stereocenters. The number of aromatic nitrogens is 2. The number of Topliss-reactive ketones (excluding diaryl/α,β-unsaturated/α-hetero) is 1. The number of anilines is 1. The Morgan fingerprint density at radius 1 is 1.03 bits per heavy atom. The molecule has 3 heterocycles. The van der Waals surface area contributed by atoms with Crippen molar-refractivity contribution in [3.05, 3.63) is 18.0 Å². The fourth-order valence-electron chi connectivity index (χ4n) is 7.03. The van der Waals surface area contributed by atoms with E-state index in [1.54, 1.807) is 0 Å². The van der Waals surface area contributed by atoms with Crippen molar-refractivity contribution in [3.8, 4) is 0 Å². The second kappa shape index (κ2) is 8.22. The van der Waals surface area contributed by atoms with E-state index < -0.39 is 0 Å². The summed E-state index contributed by atoms with van der Waals surface area (Å²) in [6.07, 6.45) is 13.4. The highest BCUT2D eigenvalue weighted by Crippen LogP contribution is 2.52. The third kappa shape index (κ3) is 3.47. The van der Waals surface area contributed by atoms with Crippen LogP contribution >= 0.6 is 0 Å². The number of ketones is 1. The highest BCUT2D eigenvalue weighted by Gasteiger charge is 2.45. The molecule has 164 valence electrons. The van der Waals surface area contributed by atoms with E-state index in [9.17, 15) is 4.79 Å². The minimum Gasteiger partial charge on any atom is -0.332 e. The zero-order valence-corrected chi connectivity index (χ0v) is 19.0. The molecule has 2 saturated heterocycles. The predicted molar refractivity (Wildman–Crippen MR) is 120 cm³/mol. The quantitative estimate of drug-likeness (QED) is 0.694. The molecule has 30 heavy (non-hydrogen) atoms. The first-order valence-electron chi connectivity index (χ1n) is 12.5. The summed E-state index contributed by atoms with van der Waals surface area (Å²) in [6, 6.07) is 1.80. The predicted octanol–water partition coefficient (Wildman–Crippen LogP) is 4.43. The van der Waals surface area contributed by atoms with Gasteiger partial charge in [0, 0.05) is 55.9 Å². The lowest BCUT2D eigenvalue weighted by Crippen LogP contribution is -2.56. The molecule has 0 amide bonds. The summed E-state index contributed by atoms with van der Waals surface area (Å²) in [5.41, 5.74) is 1.31. The van der Waals surface area contributed by atoms with Crippen LogP contribution in [0.1, 0.15) is 83.6 Å². The summed E-state index contributed by atoms with van der Waals surface area (Å²) in [5.74, 6) is 3.52. The topological polar surface area (TPSA) is 49.3 Å². The van der Waals surface area contributed by atoms with Crippen LogP contribution in [0.3, 0.4) is 0 Å². The lowest BCUT2D eigenvalue weighted by atomic mass is 9.57. The van der Waals surface area contributed by atoms with Crippen LogP contribution in [-0.2, 0) is 4.79 Å². The van der Waals surface area contributed by atoms with E-state index in [-0.39, 0.29) is 0 Å². The van der Waals surface area contributed by atoms with Gasteiger partial charge in [-0.25, -0.2) is 9.97 Å². The first kappa shape index (κ1) is 20.4. The number of likely N-dealkylation sites (tertiary alicyclic amines) is 1. The largest absolute Gasteiger partial charge is 0.332 e. The van der Waals surface area contributed by atoms with E-state index in [1.807, 2.05) is 6.92 Å². The molecule has 2 aliphatic heterocycles. The molecule has 3 saturated carbocycles. The van der Waals surface area contributed by atoms with Crippen molar-refractivity contribution in [3.63, 3.8) is 0 Å². The first-order valence-corrected chi connectivity index (χ1v) is 12.5. The van der Waals surface area contributed by atoms with Crippen molar-refractivity contribution in [1.82, 2.24) is 14.9 Å². The second-order valence-electron chi connectivity index (χ2n) is 10.4. The monoisotopic (exact) mass is 410 g/mol. The third-order valence-corrected chi connectivity index (χ3v) is 8.96. The Balaban J connectivity index is 1.28. The van der Waals surface area contributed by atoms with Gasteiger partial charge in [0.05, 0.1) is 0 Å². The molecule has 5 unspecified atom stereocenters. The molecular formula is C25H38N4O. The lowest BCUT2D eigenvalue weighted by molar-refractivity contribution is -0.128. The molecule has 5 fully saturated rings. The number of carbonyl (C=O) groups is 1. The number of nitrogens with zero attached hydrogens (tertiary/aromatic N) is 4. The number of fused-ring (bicyclic) bond motifs is 5. The minimum absolute atomic E-state index is 0.322. The van der Waals surface area contributed by atoms with Gasteiger partial charge in [-0.2, -0.15) is 0 Å². The molecule has 5 aliphatic rings. The Kier molecular flexibility index (Phi) is 5.59. The Bertz CT molecular complexity index is 751. The fourth-order valence-corrected chi connectivity index (χ4v) is 7.03. The van der Waals surface area contributed by atoms with E-state index in [0.717, 1.165) is 31.9 Å². The summed E-state index contributed by atoms with van der Waals surface area (Å²) < 4.78 is 0. The van der Waals surface area contributed by atoms with Crippen LogP contribution < -0.4 is 4.90 Å². The Labute approximate surface area is 181 Å². The molecule has 0 N–H and O–H groups in total. The maximum Gasteiger partial charge on any atom is 0.225 e. The summed E-state index contributed by atoms with van der Waals surface area (Å²) in [7, 11) is 0. The Hall–Kier alpha value is -1.49. The number of carbonyl (C=O) groups excluding carboxylic acids is 1. The third-order valence-electron chi connectivity index (χ3n) is 8.96. The van der Waals surface area contributed by atoms with E-state index in [4.69, 9.17) is 9.97 Å². The molecule has 3 aliphatic carbocycles. The molecule has 0 aromatic carbocycles.